The number of hydrogen-bond acceptors (Lipinski definition) is 8. The molecule has 0 radical (unpaired) electrons. The van der Waals surface area contributed by atoms with E-state index in [9.17, 15) is 28.1 Å². The molecule has 0 N–H and O–H groups in total. The van der Waals surface area contributed by atoms with Crippen LogP contribution in [0.2, 0.25) is 0 Å². The highest BCUT2D eigenvalue weighted by atomic mass is 32.2. The number of carbonyl (C=O) groups excluding carboxylic acids is 2. The minimum Gasteiger partial charge on any atom is -0.486 e. The molecule has 0 atom stereocenters. The van der Waals surface area contributed by atoms with Crippen LogP contribution in [0.5, 0.6) is 11.5 Å². The summed E-state index contributed by atoms with van der Waals surface area (Å²) in [4.78, 5) is 37.6. The number of nitro groups is 1. The van der Waals surface area contributed by atoms with Crippen molar-refractivity contribution in [1.82, 2.24) is 4.90 Å². The fraction of sp³-hybridized carbons (Fsp3) is 0.364. The summed E-state index contributed by atoms with van der Waals surface area (Å²) >= 11 is 0. The van der Waals surface area contributed by atoms with E-state index in [-0.39, 0.29) is 35.2 Å². The van der Waals surface area contributed by atoms with E-state index in [4.69, 9.17) is 9.47 Å². The third kappa shape index (κ3) is 4.82. The fourth-order valence-corrected chi connectivity index (χ4v) is 4.66. The van der Waals surface area contributed by atoms with Gasteiger partial charge < -0.3 is 14.4 Å². The van der Waals surface area contributed by atoms with Crippen molar-refractivity contribution < 1.29 is 32.4 Å². The first-order valence-corrected chi connectivity index (χ1v) is 12.3. The van der Waals surface area contributed by atoms with Crippen LogP contribution in [-0.2, 0) is 9.84 Å². The molecule has 2 heterocycles. The van der Waals surface area contributed by atoms with Gasteiger partial charge in [-0.05, 0) is 37.1 Å². The predicted octanol–water partition coefficient (Wildman–Crippen LogP) is 2.50. The third-order valence-corrected chi connectivity index (χ3v) is 6.85. The molecular weight excluding hydrogens is 452 g/mol. The number of sulfone groups is 1. The molecular formula is C22H22N2O8S. The first kappa shape index (κ1) is 22.7. The number of non-ortho nitro benzene ring substituents is 1. The molecule has 1 fully saturated rings. The molecule has 0 aliphatic carbocycles. The Hall–Kier alpha value is -3.47. The van der Waals surface area contributed by atoms with Gasteiger partial charge in [0.15, 0.2) is 27.1 Å². The SMILES string of the molecule is CS(=O)(=O)c1cc(C(=O)N2CCC(C(=O)c3ccc4c(c3)OCCO4)CC2)cc([N+](=O)[O-])c1. The van der Waals surface area contributed by atoms with E-state index in [0.717, 1.165) is 24.5 Å². The zero-order valence-electron chi connectivity index (χ0n) is 17.9. The quantitative estimate of drug-likeness (QED) is 0.367. The Bertz CT molecular complexity index is 1230. The maximum absolute atomic E-state index is 13.0. The second kappa shape index (κ2) is 8.81. The second-order valence-electron chi connectivity index (χ2n) is 8.03. The Morgan fingerprint density at radius 1 is 1.00 bits per heavy atom. The highest BCUT2D eigenvalue weighted by molar-refractivity contribution is 7.90. The van der Waals surface area contributed by atoms with Gasteiger partial charge in [0.1, 0.15) is 13.2 Å². The average molecular weight is 474 g/mol. The van der Waals surface area contributed by atoms with Crippen LogP contribution in [0.1, 0.15) is 33.6 Å². The Morgan fingerprint density at radius 2 is 1.67 bits per heavy atom. The van der Waals surface area contributed by atoms with Crippen molar-refractivity contribution in [2.75, 3.05) is 32.6 Å². The van der Waals surface area contributed by atoms with Crippen LogP contribution < -0.4 is 9.47 Å². The summed E-state index contributed by atoms with van der Waals surface area (Å²) in [5.41, 5.74) is -0.0216. The summed E-state index contributed by atoms with van der Waals surface area (Å²) in [6.45, 7) is 1.43. The van der Waals surface area contributed by atoms with Gasteiger partial charge >= 0.3 is 0 Å². The zero-order valence-corrected chi connectivity index (χ0v) is 18.7. The number of carbonyl (C=O) groups is 2. The number of hydrogen-bond donors (Lipinski definition) is 0. The van der Waals surface area contributed by atoms with E-state index in [1.54, 1.807) is 18.2 Å². The van der Waals surface area contributed by atoms with Crippen LogP contribution in [0.15, 0.2) is 41.3 Å². The maximum Gasteiger partial charge on any atom is 0.271 e. The molecule has 1 amide bonds. The summed E-state index contributed by atoms with van der Waals surface area (Å²) in [7, 11) is -3.74. The van der Waals surface area contributed by atoms with Crippen molar-refractivity contribution >= 4 is 27.2 Å². The molecule has 10 nitrogen and oxygen atoms in total. The van der Waals surface area contributed by atoms with Crippen LogP contribution in [0.4, 0.5) is 5.69 Å². The number of rotatable bonds is 5. The lowest BCUT2D eigenvalue weighted by molar-refractivity contribution is -0.385. The highest BCUT2D eigenvalue weighted by Crippen LogP contribution is 2.33. The minimum absolute atomic E-state index is 0.0474. The Labute approximate surface area is 190 Å². The number of fused-ring (bicyclic) bond motifs is 1. The molecule has 174 valence electrons. The zero-order chi connectivity index (χ0) is 23.8. The van der Waals surface area contributed by atoms with E-state index in [1.165, 1.54) is 4.90 Å². The maximum atomic E-state index is 13.0. The summed E-state index contributed by atoms with van der Waals surface area (Å²) in [6.07, 6.45) is 1.77. The van der Waals surface area contributed by atoms with E-state index in [2.05, 4.69) is 0 Å². The number of piperidine rings is 1. The van der Waals surface area contributed by atoms with Gasteiger partial charge in [-0.3, -0.25) is 19.7 Å². The van der Waals surface area contributed by atoms with Gasteiger partial charge in [0.05, 0.1) is 9.82 Å². The lowest BCUT2D eigenvalue weighted by atomic mass is 9.88. The monoisotopic (exact) mass is 474 g/mol. The van der Waals surface area contributed by atoms with Crippen molar-refractivity contribution in [2.45, 2.75) is 17.7 Å². The molecule has 0 aromatic heterocycles. The smallest absolute Gasteiger partial charge is 0.271 e. The second-order valence-corrected chi connectivity index (χ2v) is 10.0. The number of amides is 1. The minimum atomic E-state index is -3.74. The lowest BCUT2D eigenvalue weighted by Crippen LogP contribution is -2.40. The number of nitro benzene ring substituents is 1. The molecule has 2 aromatic rings. The van der Waals surface area contributed by atoms with Crippen LogP contribution in [0.3, 0.4) is 0 Å². The Kier molecular flexibility index (Phi) is 6.07. The van der Waals surface area contributed by atoms with Gasteiger partial charge in [0, 0.05) is 48.5 Å². The molecule has 2 aliphatic rings. The number of Topliss-reactive ketones (excluding diaryl/α,β-unsaturated/α-hetero) is 1. The first-order chi connectivity index (χ1) is 15.6. The van der Waals surface area contributed by atoms with Crippen LogP contribution in [0, 0.1) is 16.0 Å². The van der Waals surface area contributed by atoms with Crippen molar-refractivity contribution in [3.05, 3.63) is 57.6 Å². The van der Waals surface area contributed by atoms with E-state index in [0.29, 0.717) is 43.1 Å². The Morgan fingerprint density at radius 3 is 2.30 bits per heavy atom. The van der Waals surface area contributed by atoms with E-state index in [1.807, 2.05) is 0 Å². The van der Waals surface area contributed by atoms with Crippen LogP contribution >= 0.6 is 0 Å². The largest absolute Gasteiger partial charge is 0.486 e. The summed E-state index contributed by atoms with van der Waals surface area (Å²) < 4.78 is 34.8. The van der Waals surface area contributed by atoms with Crippen LogP contribution in [-0.4, -0.2) is 62.5 Å². The summed E-state index contributed by atoms with van der Waals surface area (Å²) in [5.74, 6) is 0.298. The highest BCUT2D eigenvalue weighted by Gasteiger charge is 2.30. The number of benzene rings is 2. The van der Waals surface area contributed by atoms with E-state index < -0.39 is 26.4 Å². The Balaban J connectivity index is 1.47. The number of likely N-dealkylation sites (tertiary alicyclic amines) is 1. The number of ketones is 1. The first-order valence-electron chi connectivity index (χ1n) is 10.4. The molecule has 4 rings (SSSR count). The fourth-order valence-electron chi connectivity index (χ4n) is 3.99. The van der Waals surface area contributed by atoms with E-state index >= 15 is 0 Å². The number of nitrogens with zero attached hydrogens (tertiary/aromatic N) is 2. The average Bonchev–Trinajstić information content (AvgIpc) is 2.82. The van der Waals surface area contributed by atoms with Crippen molar-refractivity contribution in [3.8, 4) is 11.5 Å². The molecule has 33 heavy (non-hydrogen) atoms. The molecule has 2 aliphatic heterocycles. The molecule has 0 spiro atoms. The normalized spacial score (nSPS) is 16.3. The van der Waals surface area contributed by atoms with Gasteiger partial charge in [-0.2, -0.15) is 0 Å². The third-order valence-electron chi connectivity index (χ3n) is 5.76. The molecule has 11 heteroatoms. The summed E-state index contributed by atoms with van der Waals surface area (Å²) in [6, 6.07) is 8.24. The molecule has 0 bridgehead atoms. The molecule has 0 unspecified atom stereocenters. The molecule has 0 saturated carbocycles. The van der Waals surface area contributed by atoms with Crippen molar-refractivity contribution in [3.63, 3.8) is 0 Å². The topological polar surface area (TPSA) is 133 Å². The van der Waals surface area contributed by atoms with Gasteiger partial charge in [-0.15, -0.1) is 0 Å². The van der Waals surface area contributed by atoms with Crippen molar-refractivity contribution in [2.24, 2.45) is 5.92 Å². The van der Waals surface area contributed by atoms with Crippen molar-refractivity contribution in [1.29, 1.82) is 0 Å². The van der Waals surface area contributed by atoms with Gasteiger partial charge in [0.25, 0.3) is 11.6 Å². The van der Waals surface area contributed by atoms with Gasteiger partial charge in [0.2, 0.25) is 0 Å². The molecule has 2 aromatic carbocycles. The van der Waals surface area contributed by atoms with Gasteiger partial charge in [-0.1, -0.05) is 0 Å². The van der Waals surface area contributed by atoms with Crippen LogP contribution in [0.25, 0.3) is 0 Å². The number of ether oxygens (including phenoxy) is 2. The summed E-state index contributed by atoms with van der Waals surface area (Å²) in [5, 5.41) is 11.2. The van der Waals surface area contributed by atoms with Gasteiger partial charge in [-0.25, -0.2) is 8.42 Å². The standard InChI is InChI=1S/C22H22N2O8S/c1-33(29,30)18-11-16(10-17(13-18)24(27)28)22(26)23-6-4-14(5-7-23)21(25)15-2-3-19-20(12-15)32-9-8-31-19/h2-3,10-14H,4-9H2,1H3. The predicted molar refractivity (Wildman–Crippen MR) is 117 cm³/mol. The lowest BCUT2D eigenvalue weighted by Gasteiger charge is -2.31. The molecule has 1 saturated heterocycles.